The molecule has 274 valence electrons. The molecular weight excluding hydrogens is 630 g/mol. The summed E-state index contributed by atoms with van der Waals surface area (Å²) >= 11 is 0. The van der Waals surface area contributed by atoms with Crippen LogP contribution < -0.4 is 27.1 Å². The summed E-state index contributed by atoms with van der Waals surface area (Å²) in [5.41, 5.74) is 9.46. The van der Waals surface area contributed by atoms with Crippen LogP contribution in [-0.4, -0.2) is 136 Å². The number of ketones is 2. The Balaban J connectivity index is 1.37. The number of methoxy groups -OCH3 is 1. The molecule has 0 amide bonds. The molecule has 5 fully saturated rings. The molecule has 14 N–H and O–H groups in total. The largest absolute Gasteiger partial charge is 0.392 e. The number of nitrogens with one attached hydrogen (secondary N) is 2. The summed E-state index contributed by atoms with van der Waals surface area (Å²) in [5, 5.41) is 72.4. The Morgan fingerprint density at radius 2 is 1.79 bits per heavy atom. The topological polar surface area (TPSA) is 278 Å². The van der Waals surface area contributed by atoms with Crippen molar-refractivity contribution in [1.29, 1.82) is 0 Å². The van der Waals surface area contributed by atoms with Crippen LogP contribution in [-0.2, 0) is 23.8 Å². The van der Waals surface area contributed by atoms with Gasteiger partial charge in [-0.05, 0) is 43.9 Å². The molecule has 16 heteroatoms. The molecule has 2 saturated heterocycles. The summed E-state index contributed by atoms with van der Waals surface area (Å²) in [7, 11) is 3.13. The minimum absolute atomic E-state index is 0.0871. The second kappa shape index (κ2) is 14.8. The fourth-order valence-corrected chi connectivity index (χ4v) is 9.21. The first kappa shape index (κ1) is 37.4. The van der Waals surface area contributed by atoms with E-state index in [4.69, 9.17) is 25.7 Å². The van der Waals surface area contributed by atoms with Gasteiger partial charge >= 0.3 is 5.96 Å². The van der Waals surface area contributed by atoms with Crippen molar-refractivity contribution in [3.63, 3.8) is 0 Å². The summed E-state index contributed by atoms with van der Waals surface area (Å²) in [6.45, 7) is 1.89. The van der Waals surface area contributed by atoms with E-state index in [2.05, 4.69) is 10.3 Å². The molecule has 5 rings (SSSR count). The van der Waals surface area contributed by atoms with E-state index in [1.807, 2.05) is 12.2 Å². The molecular formula is C32H57N5O11+2. The highest BCUT2D eigenvalue weighted by atomic mass is 16.8. The van der Waals surface area contributed by atoms with Crippen LogP contribution in [0.2, 0.25) is 0 Å². The predicted octanol–water partition coefficient (Wildman–Crippen LogP) is -6.04. The van der Waals surface area contributed by atoms with E-state index in [1.165, 1.54) is 7.11 Å². The zero-order valence-corrected chi connectivity index (χ0v) is 28.1. The fourth-order valence-electron chi connectivity index (χ4n) is 9.21. The SMILES string of the molecule is C[NH+]=C(N)NCC1C(C)CC2C(=O)C3CC(OC)CC(O[C@H]4O[C@](O)(CO)[C@](O)(CCC5CC[NH2+]C(N)C5)[C@H](O)[C@H]4O)C3C(=O)C2C1O. The number of Topliss-reactive ketones (excluding diaryl/α,β-unsaturated/α-hetero) is 2. The van der Waals surface area contributed by atoms with Gasteiger partial charge in [0.15, 0.2) is 6.29 Å². The van der Waals surface area contributed by atoms with Gasteiger partial charge in [0.1, 0.15) is 42.1 Å². The third kappa shape index (κ3) is 6.78. The number of nitrogens with two attached hydrogens (primary N) is 3. The summed E-state index contributed by atoms with van der Waals surface area (Å²) in [6.07, 6.45) is -6.11. The van der Waals surface area contributed by atoms with Gasteiger partial charge in [-0.2, -0.15) is 0 Å². The number of carbonyl (C=O) groups excluding carboxylic acids is 2. The van der Waals surface area contributed by atoms with Crippen molar-refractivity contribution in [2.75, 3.05) is 33.9 Å². The van der Waals surface area contributed by atoms with Crippen LogP contribution in [0.1, 0.15) is 51.9 Å². The van der Waals surface area contributed by atoms with E-state index in [-0.39, 0.29) is 61.3 Å². The number of hydrogen-bond donors (Lipinski definition) is 11. The van der Waals surface area contributed by atoms with Gasteiger partial charge in [-0.3, -0.25) is 31.4 Å². The molecule has 0 radical (unpaired) electrons. The first-order chi connectivity index (χ1) is 22.7. The average molecular weight is 688 g/mol. The van der Waals surface area contributed by atoms with E-state index >= 15 is 0 Å². The summed E-state index contributed by atoms with van der Waals surface area (Å²) in [4.78, 5) is 31.2. The van der Waals surface area contributed by atoms with Gasteiger partial charge in [0.2, 0.25) is 5.79 Å². The minimum Gasteiger partial charge on any atom is -0.392 e. The lowest BCUT2D eigenvalue weighted by molar-refractivity contribution is -0.699. The third-order valence-corrected chi connectivity index (χ3v) is 12.1. The fraction of sp³-hybridized carbons (Fsp3) is 0.906. The van der Waals surface area contributed by atoms with E-state index in [0.29, 0.717) is 25.2 Å². The lowest BCUT2D eigenvalue weighted by Crippen LogP contribution is -2.94. The molecule has 48 heavy (non-hydrogen) atoms. The van der Waals surface area contributed by atoms with Crippen molar-refractivity contribution in [3.05, 3.63) is 0 Å². The molecule has 0 aromatic rings. The number of aliphatic hydroxyl groups excluding tert-OH is 4. The van der Waals surface area contributed by atoms with E-state index in [0.717, 1.165) is 13.0 Å². The van der Waals surface area contributed by atoms with E-state index < -0.39 is 78.5 Å². The van der Waals surface area contributed by atoms with Gasteiger partial charge < -0.3 is 50.2 Å². The standard InChI is InChI=1S/C32H55N5O11/c1-14-8-17-23(25(40)19(14)12-37-30(34)35-2)26(41)22-18(24(17)39)10-16(46-3)11-20(22)47-29-27(42)28(43)31(44,32(45,13-38)48-29)6-4-15-5-7-36-21(33)9-15/h14-23,25,27-29,36,38,40,42-45H,4-13,33H2,1-3H3,(H3,34,35,37)/p+2/t14?,15?,16?,17?,18?,19?,20?,21?,22?,23?,25?,27-,28-,29+,31+,32-/m1/s1. The molecule has 16 atom stereocenters. The van der Waals surface area contributed by atoms with Crippen LogP contribution >= 0.6 is 0 Å². The summed E-state index contributed by atoms with van der Waals surface area (Å²) < 4.78 is 17.5. The number of hydrogen-bond acceptors (Lipinski definition) is 12. The quantitative estimate of drug-likeness (QED) is 0.0796. The predicted molar refractivity (Wildman–Crippen MR) is 167 cm³/mol. The number of rotatable bonds is 9. The Labute approximate surface area is 280 Å². The normalized spacial score (nSPS) is 48.5. The molecule has 16 nitrogen and oxygen atoms in total. The van der Waals surface area contributed by atoms with Crippen molar-refractivity contribution in [3.8, 4) is 0 Å². The lowest BCUT2D eigenvalue weighted by atomic mass is 9.53. The molecule has 0 spiro atoms. The van der Waals surface area contributed by atoms with Crippen molar-refractivity contribution >= 4 is 17.5 Å². The molecule has 5 aliphatic rings. The number of piperidine rings is 1. The smallest absolute Gasteiger partial charge is 0.340 e. The van der Waals surface area contributed by atoms with Gasteiger partial charge in [-0.15, -0.1) is 0 Å². The number of aliphatic hydroxyl groups is 6. The van der Waals surface area contributed by atoms with E-state index in [9.17, 15) is 40.2 Å². The number of fused-ring (bicyclic) bond motifs is 2. The number of ether oxygens (including phenoxy) is 3. The molecule has 0 aromatic carbocycles. The summed E-state index contributed by atoms with van der Waals surface area (Å²) in [5.74, 6) is -6.79. The second-order valence-corrected chi connectivity index (χ2v) is 14.9. The van der Waals surface area contributed by atoms with Crippen molar-refractivity contribution < 1.29 is 64.7 Å². The van der Waals surface area contributed by atoms with Crippen molar-refractivity contribution in [2.45, 2.75) is 106 Å². The zero-order valence-electron chi connectivity index (χ0n) is 28.1. The number of guanidine groups is 1. The highest BCUT2D eigenvalue weighted by molar-refractivity contribution is 6.00. The van der Waals surface area contributed by atoms with Crippen molar-refractivity contribution in [1.82, 2.24) is 5.32 Å². The van der Waals surface area contributed by atoms with Crippen LogP contribution in [0.4, 0.5) is 0 Å². The van der Waals surface area contributed by atoms with Gasteiger partial charge in [0.25, 0.3) is 0 Å². The average Bonchev–Trinajstić information content (AvgIpc) is 3.07. The molecule has 3 aliphatic carbocycles. The lowest BCUT2D eigenvalue weighted by Gasteiger charge is -2.55. The van der Waals surface area contributed by atoms with Crippen LogP contribution in [0.3, 0.4) is 0 Å². The van der Waals surface area contributed by atoms with Crippen LogP contribution in [0.5, 0.6) is 0 Å². The molecule has 0 aromatic heterocycles. The molecule has 11 unspecified atom stereocenters. The first-order valence-corrected chi connectivity index (χ1v) is 17.4. The van der Waals surface area contributed by atoms with E-state index in [1.54, 1.807) is 7.05 Å². The molecule has 2 heterocycles. The van der Waals surface area contributed by atoms with Gasteiger partial charge in [0.05, 0.1) is 50.3 Å². The minimum atomic E-state index is -2.73. The van der Waals surface area contributed by atoms with Gasteiger partial charge in [0, 0.05) is 37.7 Å². The molecule has 0 bridgehead atoms. The maximum Gasteiger partial charge on any atom is 0.340 e. The van der Waals surface area contributed by atoms with Gasteiger partial charge in [-0.25, -0.2) is 0 Å². The third-order valence-electron chi connectivity index (χ3n) is 12.1. The Hall–Kier alpha value is -1.83. The summed E-state index contributed by atoms with van der Waals surface area (Å²) in [6, 6.07) is 0. The Kier molecular flexibility index (Phi) is 11.5. The zero-order chi connectivity index (χ0) is 35.1. The first-order valence-electron chi connectivity index (χ1n) is 17.4. The highest BCUT2D eigenvalue weighted by Gasteiger charge is 2.65. The maximum absolute atomic E-state index is 14.3. The van der Waals surface area contributed by atoms with Crippen LogP contribution in [0.25, 0.3) is 0 Å². The van der Waals surface area contributed by atoms with Crippen molar-refractivity contribution in [2.24, 2.45) is 52.9 Å². The molecule has 2 aliphatic heterocycles. The van der Waals surface area contributed by atoms with Gasteiger partial charge in [-0.1, -0.05) is 6.92 Å². The molecule has 3 saturated carbocycles. The Bertz CT molecular complexity index is 1200. The number of quaternary nitrogens is 1. The Morgan fingerprint density at radius 3 is 2.44 bits per heavy atom. The van der Waals surface area contributed by atoms with Crippen LogP contribution in [0, 0.1) is 41.4 Å². The number of carbonyl (C=O) groups is 2. The maximum atomic E-state index is 14.3. The Morgan fingerprint density at radius 1 is 1.08 bits per heavy atom. The monoisotopic (exact) mass is 687 g/mol. The second-order valence-electron chi connectivity index (χ2n) is 14.9. The highest BCUT2D eigenvalue weighted by Crippen LogP contribution is 2.51. The van der Waals surface area contributed by atoms with Crippen LogP contribution in [0.15, 0.2) is 0 Å².